The van der Waals surface area contributed by atoms with Crippen LogP contribution in [0.5, 0.6) is 0 Å². The van der Waals surface area contributed by atoms with Crippen molar-refractivity contribution in [3.05, 3.63) is 0 Å². The van der Waals surface area contributed by atoms with Gasteiger partial charge in [-0.1, -0.05) is 26.2 Å². The summed E-state index contributed by atoms with van der Waals surface area (Å²) in [5.41, 5.74) is 0.117. The van der Waals surface area contributed by atoms with Gasteiger partial charge in [-0.05, 0) is 32.2 Å². The highest BCUT2D eigenvalue weighted by Gasteiger charge is 2.35. The molecule has 0 atom stereocenters. The van der Waals surface area contributed by atoms with E-state index in [1.165, 1.54) is 32.1 Å². The molecule has 0 aliphatic heterocycles. The van der Waals surface area contributed by atoms with Gasteiger partial charge < -0.3 is 10.4 Å². The van der Waals surface area contributed by atoms with Crippen molar-refractivity contribution in [2.75, 3.05) is 13.2 Å². The molecule has 0 radical (unpaired) electrons. The summed E-state index contributed by atoms with van der Waals surface area (Å²) < 4.78 is 0. The maximum atomic E-state index is 9.18. The van der Waals surface area contributed by atoms with Crippen LogP contribution in [0.1, 0.15) is 51.9 Å². The number of hydrogen-bond acceptors (Lipinski definition) is 2. The highest BCUT2D eigenvalue weighted by molar-refractivity contribution is 4.95. The SMILES string of the molecule is CCCCCCNC1(CO)CCC1. The van der Waals surface area contributed by atoms with Gasteiger partial charge in [0.05, 0.1) is 6.61 Å². The van der Waals surface area contributed by atoms with Gasteiger partial charge in [-0.15, -0.1) is 0 Å². The van der Waals surface area contributed by atoms with Crippen LogP contribution in [-0.2, 0) is 0 Å². The molecule has 1 aliphatic carbocycles. The van der Waals surface area contributed by atoms with Gasteiger partial charge in [0.1, 0.15) is 0 Å². The second kappa shape index (κ2) is 5.61. The van der Waals surface area contributed by atoms with Crippen molar-refractivity contribution >= 4 is 0 Å². The third-order valence-corrected chi connectivity index (χ3v) is 3.14. The maximum absolute atomic E-state index is 9.18. The zero-order valence-electron chi connectivity index (χ0n) is 8.81. The fourth-order valence-electron chi connectivity index (χ4n) is 1.90. The van der Waals surface area contributed by atoms with E-state index in [9.17, 15) is 5.11 Å². The number of aliphatic hydroxyl groups is 1. The van der Waals surface area contributed by atoms with E-state index >= 15 is 0 Å². The Bertz CT molecular complexity index is 127. The molecule has 0 heterocycles. The zero-order chi connectivity index (χ0) is 9.57. The number of rotatable bonds is 7. The first-order chi connectivity index (χ1) is 6.33. The largest absolute Gasteiger partial charge is 0.394 e. The molecule has 2 N–H and O–H groups in total. The monoisotopic (exact) mass is 185 g/mol. The summed E-state index contributed by atoms with van der Waals surface area (Å²) >= 11 is 0. The Hall–Kier alpha value is -0.0800. The van der Waals surface area contributed by atoms with Crippen LogP contribution in [0, 0.1) is 0 Å². The highest BCUT2D eigenvalue weighted by Crippen LogP contribution is 2.30. The highest BCUT2D eigenvalue weighted by atomic mass is 16.3. The molecule has 2 nitrogen and oxygen atoms in total. The number of hydrogen-bond donors (Lipinski definition) is 2. The normalized spacial score (nSPS) is 19.8. The third kappa shape index (κ3) is 3.28. The van der Waals surface area contributed by atoms with Crippen LogP contribution >= 0.6 is 0 Å². The second-order valence-corrected chi connectivity index (χ2v) is 4.28. The molecule has 0 aromatic rings. The first-order valence-electron chi connectivity index (χ1n) is 5.69. The molecule has 0 unspecified atom stereocenters. The Labute approximate surface area is 81.7 Å². The van der Waals surface area contributed by atoms with Gasteiger partial charge in [-0.25, -0.2) is 0 Å². The van der Waals surface area contributed by atoms with E-state index in [1.807, 2.05) is 0 Å². The van der Waals surface area contributed by atoms with Crippen molar-refractivity contribution < 1.29 is 5.11 Å². The summed E-state index contributed by atoms with van der Waals surface area (Å²) in [7, 11) is 0. The van der Waals surface area contributed by atoms with E-state index in [-0.39, 0.29) is 5.54 Å². The van der Waals surface area contributed by atoms with Gasteiger partial charge in [-0.3, -0.25) is 0 Å². The minimum absolute atomic E-state index is 0.117. The third-order valence-electron chi connectivity index (χ3n) is 3.14. The van der Waals surface area contributed by atoms with Gasteiger partial charge in [0, 0.05) is 5.54 Å². The fourth-order valence-corrected chi connectivity index (χ4v) is 1.90. The zero-order valence-corrected chi connectivity index (χ0v) is 8.81. The average molecular weight is 185 g/mol. The van der Waals surface area contributed by atoms with Crippen LogP contribution in [0.3, 0.4) is 0 Å². The van der Waals surface area contributed by atoms with Crippen LogP contribution in [0.4, 0.5) is 0 Å². The number of aliphatic hydroxyl groups excluding tert-OH is 1. The molecule has 1 fully saturated rings. The van der Waals surface area contributed by atoms with E-state index in [0.29, 0.717) is 6.61 Å². The van der Waals surface area contributed by atoms with Gasteiger partial charge in [0.2, 0.25) is 0 Å². The molecule has 13 heavy (non-hydrogen) atoms. The van der Waals surface area contributed by atoms with Gasteiger partial charge >= 0.3 is 0 Å². The first kappa shape index (κ1) is 11.0. The van der Waals surface area contributed by atoms with Crippen molar-refractivity contribution in [2.45, 2.75) is 57.4 Å². The molecule has 0 saturated heterocycles. The Balaban J connectivity index is 1.98. The Morgan fingerprint density at radius 3 is 2.46 bits per heavy atom. The number of unbranched alkanes of at least 4 members (excludes halogenated alkanes) is 3. The smallest absolute Gasteiger partial charge is 0.0613 e. The molecule has 0 aromatic heterocycles. The van der Waals surface area contributed by atoms with E-state index in [1.54, 1.807) is 0 Å². The predicted octanol–water partition coefficient (Wildman–Crippen LogP) is 2.07. The van der Waals surface area contributed by atoms with Crippen LogP contribution in [-0.4, -0.2) is 23.8 Å². The standard InChI is InChI=1S/C11H23NO/c1-2-3-4-5-9-12-11(10-13)7-6-8-11/h12-13H,2-10H2,1H3. The summed E-state index contributed by atoms with van der Waals surface area (Å²) in [6.45, 7) is 3.63. The minimum Gasteiger partial charge on any atom is -0.394 e. The molecule has 0 spiro atoms. The van der Waals surface area contributed by atoms with E-state index < -0.39 is 0 Å². The summed E-state index contributed by atoms with van der Waals surface area (Å²) in [6, 6.07) is 0. The first-order valence-corrected chi connectivity index (χ1v) is 5.69. The van der Waals surface area contributed by atoms with Crippen molar-refractivity contribution in [3.63, 3.8) is 0 Å². The maximum Gasteiger partial charge on any atom is 0.0613 e. The summed E-state index contributed by atoms with van der Waals surface area (Å²) in [4.78, 5) is 0. The Morgan fingerprint density at radius 1 is 1.23 bits per heavy atom. The van der Waals surface area contributed by atoms with Crippen molar-refractivity contribution in [3.8, 4) is 0 Å². The lowest BCUT2D eigenvalue weighted by atomic mass is 9.77. The Kier molecular flexibility index (Phi) is 4.74. The fraction of sp³-hybridized carbons (Fsp3) is 1.00. The molecular formula is C11H23NO. The second-order valence-electron chi connectivity index (χ2n) is 4.28. The van der Waals surface area contributed by atoms with E-state index in [4.69, 9.17) is 0 Å². The predicted molar refractivity (Wildman–Crippen MR) is 55.8 cm³/mol. The van der Waals surface area contributed by atoms with Crippen LogP contribution < -0.4 is 5.32 Å². The van der Waals surface area contributed by atoms with Crippen LogP contribution in [0.15, 0.2) is 0 Å². The minimum atomic E-state index is 0.117. The van der Waals surface area contributed by atoms with E-state index in [2.05, 4.69) is 12.2 Å². The quantitative estimate of drug-likeness (QED) is 0.595. The van der Waals surface area contributed by atoms with E-state index in [0.717, 1.165) is 19.4 Å². The molecule has 0 amide bonds. The van der Waals surface area contributed by atoms with Crippen LogP contribution in [0.2, 0.25) is 0 Å². The van der Waals surface area contributed by atoms with Crippen molar-refractivity contribution in [1.29, 1.82) is 0 Å². The van der Waals surface area contributed by atoms with Crippen molar-refractivity contribution in [2.24, 2.45) is 0 Å². The topological polar surface area (TPSA) is 32.3 Å². The lowest BCUT2D eigenvalue weighted by molar-refractivity contribution is 0.0887. The Morgan fingerprint density at radius 2 is 2.00 bits per heavy atom. The molecule has 1 rings (SSSR count). The van der Waals surface area contributed by atoms with Gasteiger partial charge in [0.15, 0.2) is 0 Å². The molecule has 78 valence electrons. The van der Waals surface area contributed by atoms with Gasteiger partial charge in [-0.2, -0.15) is 0 Å². The molecular weight excluding hydrogens is 162 g/mol. The average Bonchev–Trinajstić information content (AvgIpc) is 2.09. The molecule has 2 heteroatoms. The molecule has 1 aliphatic rings. The molecule has 0 aromatic carbocycles. The van der Waals surface area contributed by atoms with Crippen LogP contribution in [0.25, 0.3) is 0 Å². The lowest BCUT2D eigenvalue weighted by Crippen LogP contribution is -2.54. The summed E-state index contributed by atoms with van der Waals surface area (Å²) in [5, 5.41) is 12.7. The van der Waals surface area contributed by atoms with Crippen molar-refractivity contribution in [1.82, 2.24) is 5.32 Å². The molecule has 1 saturated carbocycles. The van der Waals surface area contributed by atoms with Gasteiger partial charge in [0.25, 0.3) is 0 Å². The number of nitrogens with one attached hydrogen (secondary N) is 1. The lowest BCUT2D eigenvalue weighted by Gasteiger charge is -2.41. The molecule has 0 bridgehead atoms. The summed E-state index contributed by atoms with van der Waals surface area (Å²) in [6.07, 6.45) is 8.83. The summed E-state index contributed by atoms with van der Waals surface area (Å²) in [5.74, 6) is 0.